The quantitative estimate of drug-likeness (QED) is 0.880. The summed E-state index contributed by atoms with van der Waals surface area (Å²) < 4.78 is 5.26. The Bertz CT molecular complexity index is 481. The average Bonchev–Trinajstić information content (AvgIpc) is 2.99. The first-order valence-corrected chi connectivity index (χ1v) is 7.01. The Morgan fingerprint density at radius 3 is 3.05 bits per heavy atom. The maximum atomic E-state index is 12.5. The first kappa shape index (κ1) is 12.5. The molecule has 0 unspecified atom stereocenters. The Morgan fingerprint density at radius 1 is 1.42 bits per heavy atom. The van der Waals surface area contributed by atoms with E-state index in [0.717, 1.165) is 50.2 Å². The van der Waals surface area contributed by atoms with Gasteiger partial charge in [0.15, 0.2) is 0 Å². The van der Waals surface area contributed by atoms with Crippen LogP contribution in [-0.2, 0) is 11.2 Å². The van der Waals surface area contributed by atoms with Gasteiger partial charge in [-0.1, -0.05) is 0 Å². The van der Waals surface area contributed by atoms with Crippen molar-refractivity contribution in [1.82, 2.24) is 5.32 Å². The van der Waals surface area contributed by atoms with Gasteiger partial charge in [0.05, 0.1) is 13.2 Å². The summed E-state index contributed by atoms with van der Waals surface area (Å²) in [5, 5.41) is 3.29. The van der Waals surface area contributed by atoms with E-state index in [2.05, 4.69) is 11.4 Å². The minimum Gasteiger partial charge on any atom is -0.497 e. The third-order valence-corrected chi connectivity index (χ3v) is 4.03. The molecule has 1 amide bonds. The lowest BCUT2D eigenvalue weighted by Gasteiger charge is -2.31. The molecule has 102 valence electrons. The van der Waals surface area contributed by atoms with Gasteiger partial charge >= 0.3 is 0 Å². The molecule has 2 aliphatic rings. The molecular weight excluding hydrogens is 240 g/mol. The van der Waals surface area contributed by atoms with Crippen LogP contribution in [0.1, 0.15) is 24.8 Å². The summed E-state index contributed by atoms with van der Waals surface area (Å²) in [6, 6.07) is 6.01. The molecule has 0 spiro atoms. The van der Waals surface area contributed by atoms with Crippen molar-refractivity contribution >= 4 is 11.6 Å². The standard InChI is InChI=1S/C15H20N2O2/c1-19-12-6-7-14-11(10-12)4-3-9-17(14)15(18)13-5-2-8-16-13/h6-7,10,13,16H,2-5,8-9H2,1H3/t13-/m1/s1. The zero-order valence-electron chi connectivity index (χ0n) is 11.3. The van der Waals surface area contributed by atoms with Gasteiger partial charge in [-0.25, -0.2) is 0 Å². The Balaban J connectivity index is 1.87. The summed E-state index contributed by atoms with van der Waals surface area (Å²) in [5.74, 6) is 1.09. The summed E-state index contributed by atoms with van der Waals surface area (Å²) in [5.41, 5.74) is 2.28. The van der Waals surface area contributed by atoms with Crippen LogP contribution in [0.2, 0.25) is 0 Å². The lowest BCUT2D eigenvalue weighted by Crippen LogP contribution is -2.45. The summed E-state index contributed by atoms with van der Waals surface area (Å²) in [6.07, 6.45) is 4.10. The van der Waals surface area contributed by atoms with Crippen LogP contribution in [0.3, 0.4) is 0 Å². The lowest BCUT2D eigenvalue weighted by molar-refractivity contribution is -0.120. The Hall–Kier alpha value is -1.55. The van der Waals surface area contributed by atoms with E-state index < -0.39 is 0 Å². The van der Waals surface area contributed by atoms with E-state index in [0.29, 0.717) is 0 Å². The first-order valence-electron chi connectivity index (χ1n) is 7.01. The number of nitrogens with zero attached hydrogens (tertiary/aromatic N) is 1. The Labute approximate surface area is 113 Å². The summed E-state index contributed by atoms with van der Waals surface area (Å²) >= 11 is 0. The zero-order valence-corrected chi connectivity index (χ0v) is 11.3. The monoisotopic (exact) mass is 260 g/mol. The number of amides is 1. The second-order valence-electron chi connectivity index (χ2n) is 5.24. The normalized spacial score (nSPS) is 22.2. The molecule has 3 rings (SSSR count). The van der Waals surface area contributed by atoms with Gasteiger partial charge in [-0.3, -0.25) is 4.79 Å². The van der Waals surface area contributed by atoms with Gasteiger partial charge in [0.1, 0.15) is 5.75 Å². The fourth-order valence-electron chi connectivity index (χ4n) is 3.01. The van der Waals surface area contributed by atoms with Crippen LogP contribution < -0.4 is 15.0 Å². The highest BCUT2D eigenvalue weighted by Crippen LogP contribution is 2.31. The second kappa shape index (κ2) is 5.21. The van der Waals surface area contributed by atoms with Crippen LogP contribution in [-0.4, -0.2) is 32.1 Å². The van der Waals surface area contributed by atoms with E-state index in [9.17, 15) is 4.79 Å². The highest BCUT2D eigenvalue weighted by atomic mass is 16.5. The maximum absolute atomic E-state index is 12.5. The molecule has 1 aromatic rings. The Morgan fingerprint density at radius 2 is 2.32 bits per heavy atom. The molecule has 1 saturated heterocycles. The number of carbonyl (C=O) groups is 1. The zero-order chi connectivity index (χ0) is 13.2. The number of nitrogens with one attached hydrogen (secondary N) is 1. The van der Waals surface area contributed by atoms with Crippen molar-refractivity contribution in [2.45, 2.75) is 31.7 Å². The molecule has 1 N–H and O–H groups in total. The van der Waals surface area contributed by atoms with Crippen LogP contribution in [0.4, 0.5) is 5.69 Å². The van der Waals surface area contributed by atoms with Crippen LogP contribution in [0, 0.1) is 0 Å². The van der Waals surface area contributed by atoms with Gasteiger partial charge in [-0.15, -0.1) is 0 Å². The molecule has 0 saturated carbocycles. The van der Waals surface area contributed by atoms with Crippen molar-refractivity contribution < 1.29 is 9.53 Å². The molecule has 1 aromatic carbocycles. The molecule has 19 heavy (non-hydrogen) atoms. The molecule has 1 atom stereocenters. The van der Waals surface area contributed by atoms with E-state index in [1.165, 1.54) is 5.56 Å². The fraction of sp³-hybridized carbons (Fsp3) is 0.533. The predicted octanol–water partition coefficient (Wildman–Crippen LogP) is 1.73. The number of anilines is 1. The molecule has 4 heteroatoms. The number of rotatable bonds is 2. The lowest BCUT2D eigenvalue weighted by atomic mass is 10.0. The topological polar surface area (TPSA) is 41.6 Å². The number of hydrogen-bond acceptors (Lipinski definition) is 3. The van der Waals surface area contributed by atoms with E-state index in [-0.39, 0.29) is 11.9 Å². The summed E-state index contributed by atoms with van der Waals surface area (Å²) in [6.45, 7) is 1.79. The first-order chi connectivity index (χ1) is 9.29. The van der Waals surface area contributed by atoms with Gasteiger partial charge in [0.2, 0.25) is 5.91 Å². The van der Waals surface area contributed by atoms with Gasteiger partial charge < -0.3 is 15.0 Å². The smallest absolute Gasteiger partial charge is 0.244 e. The van der Waals surface area contributed by atoms with E-state index >= 15 is 0 Å². The number of ether oxygens (including phenoxy) is 1. The average molecular weight is 260 g/mol. The van der Waals surface area contributed by atoms with Crippen molar-refractivity contribution in [1.29, 1.82) is 0 Å². The number of methoxy groups -OCH3 is 1. The van der Waals surface area contributed by atoms with Gasteiger partial charge in [0.25, 0.3) is 0 Å². The van der Waals surface area contributed by atoms with Gasteiger partial charge in [-0.2, -0.15) is 0 Å². The largest absolute Gasteiger partial charge is 0.497 e. The predicted molar refractivity (Wildman–Crippen MR) is 74.7 cm³/mol. The molecule has 0 aliphatic carbocycles. The van der Waals surface area contributed by atoms with Gasteiger partial charge in [-0.05, 0) is 56.0 Å². The van der Waals surface area contributed by atoms with E-state index in [1.807, 2.05) is 17.0 Å². The van der Waals surface area contributed by atoms with Gasteiger partial charge in [0, 0.05) is 12.2 Å². The van der Waals surface area contributed by atoms with Crippen LogP contribution >= 0.6 is 0 Å². The van der Waals surface area contributed by atoms with Crippen LogP contribution in [0.15, 0.2) is 18.2 Å². The molecule has 4 nitrogen and oxygen atoms in total. The SMILES string of the molecule is COc1ccc2c(c1)CCCN2C(=O)[C@H]1CCCN1. The second-order valence-corrected chi connectivity index (χ2v) is 5.24. The minimum atomic E-state index is 0.00746. The van der Waals surface area contributed by atoms with Crippen molar-refractivity contribution in [3.8, 4) is 5.75 Å². The number of hydrogen-bond donors (Lipinski definition) is 1. The number of benzene rings is 1. The highest BCUT2D eigenvalue weighted by molar-refractivity contribution is 5.98. The fourth-order valence-corrected chi connectivity index (χ4v) is 3.01. The molecule has 2 heterocycles. The summed E-state index contributed by atoms with van der Waals surface area (Å²) in [7, 11) is 1.68. The third-order valence-electron chi connectivity index (χ3n) is 4.03. The molecule has 0 radical (unpaired) electrons. The number of carbonyl (C=O) groups excluding carboxylic acids is 1. The summed E-state index contributed by atoms with van der Waals surface area (Å²) in [4.78, 5) is 14.5. The maximum Gasteiger partial charge on any atom is 0.244 e. The van der Waals surface area contributed by atoms with E-state index in [1.54, 1.807) is 7.11 Å². The molecular formula is C15H20N2O2. The van der Waals surface area contributed by atoms with Crippen molar-refractivity contribution in [3.63, 3.8) is 0 Å². The van der Waals surface area contributed by atoms with Crippen molar-refractivity contribution in [3.05, 3.63) is 23.8 Å². The number of aryl methyl sites for hydroxylation is 1. The van der Waals surface area contributed by atoms with Crippen LogP contribution in [0.25, 0.3) is 0 Å². The van der Waals surface area contributed by atoms with Crippen molar-refractivity contribution in [2.75, 3.05) is 25.1 Å². The number of fused-ring (bicyclic) bond motifs is 1. The van der Waals surface area contributed by atoms with Crippen molar-refractivity contribution in [2.24, 2.45) is 0 Å². The molecule has 0 bridgehead atoms. The van der Waals surface area contributed by atoms with Crippen LogP contribution in [0.5, 0.6) is 5.75 Å². The van der Waals surface area contributed by atoms with E-state index in [4.69, 9.17) is 4.74 Å². The molecule has 1 fully saturated rings. The third kappa shape index (κ3) is 2.32. The Kier molecular flexibility index (Phi) is 3.42. The molecule has 0 aromatic heterocycles. The highest BCUT2D eigenvalue weighted by Gasteiger charge is 2.30. The minimum absolute atomic E-state index is 0.00746. The molecule has 2 aliphatic heterocycles.